The number of nitrogens with one attached hydrogen (secondary N) is 1. The van der Waals surface area contributed by atoms with E-state index in [1.165, 1.54) is 6.20 Å². The Balaban J connectivity index is 1.82. The van der Waals surface area contributed by atoms with Gasteiger partial charge in [0.1, 0.15) is 11.3 Å². The number of aromatic amines is 1. The van der Waals surface area contributed by atoms with Crippen molar-refractivity contribution in [2.24, 2.45) is 0 Å². The Morgan fingerprint density at radius 1 is 1.41 bits per heavy atom. The summed E-state index contributed by atoms with van der Waals surface area (Å²) in [5, 5.41) is 10.9. The molecular formula is C16H17N3O3. The number of nitrogens with zero attached hydrogens (tertiary/aromatic N) is 2. The molecule has 114 valence electrons. The first-order valence-corrected chi connectivity index (χ1v) is 7.12. The molecule has 1 atom stereocenters. The van der Waals surface area contributed by atoms with E-state index in [-0.39, 0.29) is 23.7 Å². The fraction of sp³-hybridized carbons (Fsp3) is 0.312. The lowest BCUT2D eigenvalue weighted by Crippen LogP contribution is -2.35. The van der Waals surface area contributed by atoms with Gasteiger partial charge in [0, 0.05) is 12.7 Å². The molecule has 1 aromatic heterocycles. The molecule has 6 nitrogen and oxygen atoms in total. The van der Waals surface area contributed by atoms with E-state index in [4.69, 9.17) is 0 Å². The van der Waals surface area contributed by atoms with Gasteiger partial charge in [-0.1, -0.05) is 24.3 Å². The summed E-state index contributed by atoms with van der Waals surface area (Å²) in [4.78, 5) is 31.2. The number of carbonyl (C=O) groups is 1. The first kappa shape index (κ1) is 14.5. The van der Waals surface area contributed by atoms with E-state index in [0.717, 1.165) is 17.3 Å². The molecule has 3 rings (SSSR count). The number of β-amino-alcohol motifs (C(OH)–C–C–N with tert-alkyl or cyclic N) is 1. The zero-order valence-corrected chi connectivity index (χ0v) is 12.2. The highest BCUT2D eigenvalue weighted by molar-refractivity contribution is 5.92. The third-order valence-corrected chi connectivity index (χ3v) is 4.07. The molecule has 0 bridgehead atoms. The molecule has 0 spiro atoms. The Morgan fingerprint density at radius 3 is 2.86 bits per heavy atom. The fourth-order valence-electron chi connectivity index (χ4n) is 2.90. The van der Waals surface area contributed by atoms with Crippen LogP contribution in [0, 0.1) is 6.92 Å². The number of rotatable bonds is 2. The van der Waals surface area contributed by atoms with Crippen LogP contribution in [0.4, 0.5) is 0 Å². The van der Waals surface area contributed by atoms with Gasteiger partial charge in [-0.3, -0.25) is 9.59 Å². The topological polar surface area (TPSA) is 86.3 Å². The summed E-state index contributed by atoms with van der Waals surface area (Å²) < 4.78 is 0. The highest BCUT2D eigenvalue weighted by Gasteiger charge is 2.40. The molecule has 0 aliphatic carbocycles. The zero-order chi connectivity index (χ0) is 15.7. The Kier molecular flexibility index (Phi) is 3.54. The van der Waals surface area contributed by atoms with E-state index >= 15 is 0 Å². The molecule has 22 heavy (non-hydrogen) atoms. The Labute approximate surface area is 127 Å². The van der Waals surface area contributed by atoms with Crippen LogP contribution in [-0.4, -0.2) is 39.0 Å². The van der Waals surface area contributed by atoms with Gasteiger partial charge in [0.15, 0.2) is 0 Å². The van der Waals surface area contributed by atoms with Gasteiger partial charge in [-0.05, 0) is 24.5 Å². The van der Waals surface area contributed by atoms with Gasteiger partial charge in [-0.15, -0.1) is 0 Å². The van der Waals surface area contributed by atoms with E-state index in [9.17, 15) is 14.7 Å². The molecule has 0 radical (unpaired) electrons. The van der Waals surface area contributed by atoms with Crippen LogP contribution >= 0.6 is 0 Å². The lowest BCUT2D eigenvalue weighted by molar-refractivity contribution is 0.0410. The van der Waals surface area contributed by atoms with Crippen molar-refractivity contribution in [3.8, 4) is 0 Å². The van der Waals surface area contributed by atoms with Crippen LogP contribution in [-0.2, 0) is 5.60 Å². The Morgan fingerprint density at radius 2 is 2.18 bits per heavy atom. The number of hydrogen-bond donors (Lipinski definition) is 2. The zero-order valence-electron chi connectivity index (χ0n) is 12.2. The van der Waals surface area contributed by atoms with Crippen LogP contribution in [0.15, 0.2) is 41.5 Å². The van der Waals surface area contributed by atoms with E-state index < -0.39 is 5.60 Å². The summed E-state index contributed by atoms with van der Waals surface area (Å²) in [7, 11) is 0. The maximum absolute atomic E-state index is 12.4. The number of amides is 1. The molecule has 0 saturated carbocycles. The van der Waals surface area contributed by atoms with Crippen LogP contribution < -0.4 is 5.56 Å². The minimum absolute atomic E-state index is 0.175. The number of aliphatic hydroxyl groups is 1. The molecule has 1 amide bonds. The predicted octanol–water partition coefficient (Wildman–Crippen LogP) is 0.812. The second-order valence-corrected chi connectivity index (χ2v) is 5.62. The smallest absolute Gasteiger partial charge is 0.274 e. The fourth-order valence-corrected chi connectivity index (χ4v) is 2.90. The summed E-state index contributed by atoms with van der Waals surface area (Å²) in [6, 6.07) is 7.64. The molecule has 1 aliphatic rings. The van der Waals surface area contributed by atoms with Crippen molar-refractivity contribution < 1.29 is 9.90 Å². The quantitative estimate of drug-likeness (QED) is 0.859. The lowest BCUT2D eigenvalue weighted by atomic mass is 9.89. The van der Waals surface area contributed by atoms with Gasteiger partial charge >= 0.3 is 0 Å². The molecule has 1 aromatic carbocycles. The predicted molar refractivity (Wildman–Crippen MR) is 80.5 cm³/mol. The highest BCUT2D eigenvalue weighted by Crippen LogP contribution is 2.34. The van der Waals surface area contributed by atoms with Crippen LogP contribution in [0.5, 0.6) is 0 Å². The van der Waals surface area contributed by atoms with Crippen molar-refractivity contribution in [2.75, 3.05) is 13.1 Å². The lowest BCUT2D eigenvalue weighted by Gasteiger charge is -2.25. The molecule has 1 aliphatic heterocycles. The molecular weight excluding hydrogens is 282 g/mol. The van der Waals surface area contributed by atoms with Crippen molar-refractivity contribution in [1.82, 2.24) is 14.9 Å². The Bertz CT molecular complexity index is 751. The maximum Gasteiger partial charge on any atom is 0.274 e. The van der Waals surface area contributed by atoms with Crippen molar-refractivity contribution in [3.63, 3.8) is 0 Å². The van der Waals surface area contributed by atoms with E-state index in [1.807, 2.05) is 31.2 Å². The van der Waals surface area contributed by atoms with E-state index in [0.29, 0.717) is 13.0 Å². The van der Waals surface area contributed by atoms with Crippen molar-refractivity contribution in [3.05, 3.63) is 63.8 Å². The number of aromatic nitrogens is 2. The number of aryl methyl sites for hydroxylation is 1. The molecule has 2 aromatic rings. The number of hydrogen-bond acceptors (Lipinski definition) is 4. The standard InChI is InChI=1S/C16H17N3O3/c1-11-4-2-3-5-12(11)16(22)6-7-19(10-16)15(21)13-8-18-14(20)9-17-13/h2-5,8-9,22H,6-7,10H2,1H3,(H,18,20). The molecule has 1 fully saturated rings. The maximum atomic E-state index is 12.4. The van der Waals surface area contributed by atoms with Crippen LogP contribution in [0.3, 0.4) is 0 Å². The number of likely N-dealkylation sites (tertiary alicyclic amines) is 1. The normalized spacial score (nSPS) is 21.1. The first-order valence-electron chi connectivity index (χ1n) is 7.12. The van der Waals surface area contributed by atoms with Gasteiger partial charge in [-0.2, -0.15) is 0 Å². The molecule has 1 saturated heterocycles. The highest BCUT2D eigenvalue weighted by atomic mass is 16.3. The van der Waals surface area contributed by atoms with Crippen molar-refractivity contribution in [1.29, 1.82) is 0 Å². The van der Waals surface area contributed by atoms with E-state index in [2.05, 4.69) is 9.97 Å². The SMILES string of the molecule is Cc1ccccc1C1(O)CCN(C(=O)c2c[nH]c(=O)cn2)C1. The van der Waals surface area contributed by atoms with Crippen molar-refractivity contribution in [2.45, 2.75) is 18.9 Å². The first-order chi connectivity index (χ1) is 10.5. The second-order valence-electron chi connectivity index (χ2n) is 5.62. The summed E-state index contributed by atoms with van der Waals surface area (Å²) in [5.74, 6) is -0.291. The average molecular weight is 299 g/mol. The molecule has 6 heteroatoms. The number of H-pyrrole nitrogens is 1. The third kappa shape index (κ3) is 2.53. The minimum atomic E-state index is -1.04. The van der Waals surface area contributed by atoms with Gasteiger partial charge in [-0.25, -0.2) is 4.98 Å². The van der Waals surface area contributed by atoms with Gasteiger partial charge in [0.25, 0.3) is 11.5 Å². The number of benzene rings is 1. The third-order valence-electron chi connectivity index (χ3n) is 4.07. The van der Waals surface area contributed by atoms with Crippen LogP contribution in [0.2, 0.25) is 0 Å². The summed E-state index contributed by atoms with van der Waals surface area (Å²) in [6.45, 7) is 2.61. The summed E-state index contributed by atoms with van der Waals surface area (Å²) in [5.41, 5.74) is 0.632. The average Bonchev–Trinajstić information content (AvgIpc) is 2.91. The van der Waals surface area contributed by atoms with Crippen LogP contribution in [0.25, 0.3) is 0 Å². The van der Waals surface area contributed by atoms with Gasteiger partial charge in [0.2, 0.25) is 0 Å². The van der Waals surface area contributed by atoms with Crippen LogP contribution in [0.1, 0.15) is 28.0 Å². The Hall–Kier alpha value is -2.47. The van der Waals surface area contributed by atoms with Crippen molar-refractivity contribution >= 4 is 5.91 Å². The molecule has 1 unspecified atom stereocenters. The second kappa shape index (κ2) is 5.38. The monoisotopic (exact) mass is 299 g/mol. The minimum Gasteiger partial charge on any atom is -0.383 e. The summed E-state index contributed by atoms with van der Waals surface area (Å²) in [6.07, 6.45) is 2.86. The number of carbonyl (C=O) groups excluding carboxylic acids is 1. The summed E-state index contributed by atoms with van der Waals surface area (Å²) >= 11 is 0. The van der Waals surface area contributed by atoms with Gasteiger partial charge < -0.3 is 15.0 Å². The molecule has 2 N–H and O–H groups in total. The van der Waals surface area contributed by atoms with E-state index in [1.54, 1.807) is 4.90 Å². The molecule has 2 heterocycles. The largest absolute Gasteiger partial charge is 0.383 e. The van der Waals surface area contributed by atoms with Gasteiger partial charge in [0.05, 0.1) is 12.7 Å².